The van der Waals surface area contributed by atoms with Crippen molar-refractivity contribution in [2.45, 2.75) is 70.0 Å². The molecule has 1 aromatic carbocycles. The Labute approximate surface area is 181 Å². The van der Waals surface area contributed by atoms with Gasteiger partial charge in [0.1, 0.15) is 0 Å². The largest absolute Gasteiger partial charge is 0.392 e. The summed E-state index contributed by atoms with van der Waals surface area (Å²) < 4.78 is 25.5. The molecule has 1 saturated carbocycles. The number of fused-ring (bicyclic) bond motifs is 1. The van der Waals surface area contributed by atoms with E-state index in [1.54, 1.807) is 24.3 Å². The van der Waals surface area contributed by atoms with Crippen molar-refractivity contribution in [2.24, 2.45) is 23.2 Å². The molecule has 166 valence electrons. The molecule has 2 aliphatic rings. The van der Waals surface area contributed by atoms with Crippen molar-refractivity contribution in [1.29, 1.82) is 0 Å². The Morgan fingerprint density at radius 2 is 1.93 bits per heavy atom. The highest BCUT2D eigenvalue weighted by Crippen LogP contribution is 2.48. The molecular formula is C25H36O4S. The lowest BCUT2D eigenvalue weighted by Crippen LogP contribution is -2.28. The summed E-state index contributed by atoms with van der Waals surface area (Å²) in [6.07, 6.45) is 9.40. The van der Waals surface area contributed by atoms with Gasteiger partial charge < -0.3 is 10.2 Å². The first-order chi connectivity index (χ1) is 14.1. The minimum absolute atomic E-state index is 0.0418. The molecule has 0 radical (unpaired) electrons. The lowest BCUT2D eigenvalue weighted by Gasteiger charge is -2.29. The second-order valence-corrected chi connectivity index (χ2v) is 11.7. The molecule has 4 nitrogen and oxygen atoms in total. The van der Waals surface area contributed by atoms with E-state index >= 15 is 0 Å². The van der Waals surface area contributed by atoms with Crippen molar-refractivity contribution in [1.82, 2.24) is 0 Å². The van der Waals surface area contributed by atoms with Crippen LogP contribution in [-0.4, -0.2) is 36.6 Å². The number of allylic oxidation sites excluding steroid dienone is 1. The molecule has 5 atom stereocenters. The highest BCUT2D eigenvalue weighted by Gasteiger charge is 2.44. The highest BCUT2D eigenvalue weighted by atomic mass is 32.2. The van der Waals surface area contributed by atoms with E-state index in [-0.39, 0.29) is 28.9 Å². The normalized spacial score (nSPS) is 28.0. The quantitative estimate of drug-likeness (QED) is 0.562. The average Bonchev–Trinajstić information content (AvgIpc) is 3.20. The first kappa shape index (κ1) is 23.2. The Hall–Kier alpha value is -1.43. The summed E-state index contributed by atoms with van der Waals surface area (Å²) in [5.74, 6) is 0.423. The van der Waals surface area contributed by atoms with Crippen LogP contribution in [0.4, 0.5) is 0 Å². The summed E-state index contributed by atoms with van der Waals surface area (Å²) >= 11 is 0. The molecule has 1 aromatic rings. The van der Waals surface area contributed by atoms with E-state index in [1.165, 1.54) is 0 Å². The Bertz CT molecular complexity index is 870. The molecule has 3 rings (SSSR count). The van der Waals surface area contributed by atoms with Crippen LogP contribution in [0.15, 0.2) is 59.0 Å². The van der Waals surface area contributed by atoms with Gasteiger partial charge in [-0.2, -0.15) is 0 Å². The van der Waals surface area contributed by atoms with E-state index in [4.69, 9.17) is 0 Å². The molecular weight excluding hydrogens is 396 g/mol. The van der Waals surface area contributed by atoms with Crippen LogP contribution in [0.2, 0.25) is 0 Å². The topological polar surface area (TPSA) is 74.6 Å². The van der Waals surface area contributed by atoms with E-state index in [9.17, 15) is 18.6 Å². The third-order valence-electron chi connectivity index (χ3n) is 6.92. The number of hydrogen-bond donors (Lipinski definition) is 2. The lowest BCUT2D eigenvalue weighted by atomic mass is 9.80. The maximum atomic E-state index is 12.7. The Morgan fingerprint density at radius 1 is 1.23 bits per heavy atom. The number of aliphatic hydroxyl groups excluding tert-OH is 2. The summed E-state index contributed by atoms with van der Waals surface area (Å²) in [5.41, 5.74) is 0.751. The Morgan fingerprint density at radius 3 is 2.60 bits per heavy atom. The van der Waals surface area contributed by atoms with Crippen LogP contribution in [0.1, 0.15) is 52.9 Å². The number of benzene rings is 1. The van der Waals surface area contributed by atoms with Gasteiger partial charge in [0.2, 0.25) is 0 Å². The van der Waals surface area contributed by atoms with Crippen LogP contribution >= 0.6 is 0 Å². The van der Waals surface area contributed by atoms with Crippen LogP contribution in [0.3, 0.4) is 0 Å². The zero-order chi connectivity index (χ0) is 21.9. The first-order valence-electron chi connectivity index (χ1n) is 11.2. The van der Waals surface area contributed by atoms with E-state index < -0.39 is 22.0 Å². The van der Waals surface area contributed by atoms with Gasteiger partial charge >= 0.3 is 0 Å². The van der Waals surface area contributed by atoms with Gasteiger partial charge in [-0.05, 0) is 48.6 Å². The third kappa shape index (κ3) is 5.24. The summed E-state index contributed by atoms with van der Waals surface area (Å²) in [6, 6.07) is 8.59. The van der Waals surface area contributed by atoms with Gasteiger partial charge in [-0.25, -0.2) is 8.42 Å². The van der Waals surface area contributed by atoms with Gasteiger partial charge in [0, 0.05) is 5.92 Å². The number of hydrogen-bond acceptors (Lipinski definition) is 4. The minimum atomic E-state index is -3.35. The van der Waals surface area contributed by atoms with Crippen molar-refractivity contribution in [3.63, 3.8) is 0 Å². The molecule has 0 saturated heterocycles. The van der Waals surface area contributed by atoms with Crippen LogP contribution < -0.4 is 0 Å². The molecule has 0 unspecified atom stereocenters. The average molecular weight is 433 g/mol. The zero-order valence-electron chi connectivity index (χ0n) is 18.4. The molecule has 0 aromatic heterocycles. The summed E-state index contributed by atoms with van der Waals surface area (Å²) in [5, 5.41) is 21.2. The molecule has 5 heteroatoms. The van der Waals surface area contributed by atoms with Crippen molar-refractivity contribution in [3.05, 3.63) is 54.1 Å². The molecule has 0 aliphatic heterocycles. The molecule has 2 N–H and O–H groups in total. The van der Waals surface area contributed by atoms with E-state index in [1.807, 2.05) is 18.2 Å². The van der Waals surface area contributed by atoms with Crippen molar-refractivity contribution >= 4 is 9.84 Å². The number of sulfone groups is 1. The monoisotopic (exact) mass is 432 g/mol. The van der Waals surface area contributed by atoms with E-state index in [0.29, 0.717) is 17.7 Å². The Balaban J connectivity index is 1.65. The summed E-state index contributed by atoms with van der Waals surface area (Å²) in [6.45, 7) is 6.31. The van der Waals surface area contributed by atoms with Crippen molar-refractivity contribution in [2.75, 3.05) is 5.75 Å². The van der Waals surface area contributed by atoms with Crippen LogP contribution in [-0.2, 0) is 9.84 Å². The van der Waals surface area contributed by atoms with Gasteiger partial charge in [-0.3, -0.25) is 0 Å². The van der Waals surface area contributed by atoms with Crippen molar-refractivity contribution < 1.29 is 18.6 Å². The summed E-state index contributed by atoms with van der Waals surface area (Å²) in [7, 11) is -3.35. The van der Waals surface area contributed by atoms with Crippen molar-refractivity contribution in [3.8, 4) is 0 Å². The standard InChI is InChI=1S/C25H36O4S/c1-4-5-13-25(2,3)24(27)12-11-21-22-15-18(14-19(22)16-23(21)26)17-30(28,29)20-9-7-6-8-10-20/h6-12,14,19,21-24,26-27H,4-5,13,15-17H2,1-3H3/b12-11+/t19-,21-,22-,23+,24-/m0/s1. The van der Waals surface area contributed by atoms with Gasteiger partial charge in [-0.1, -0.05) is 75.6 Å². The predicted molar refractivity (Wildman–Crippen MR) is 121 cm³/mol. The fraction of sp³-hybridized carbons (Fsp3) is 0.600. The molecule has 1 fully saturated rings. The fourth-order valence-corrected chi connectivity index (χ4v) is 6.38. The molecule has 0 heterocycles. The number of rotatable bonds is 9. The van der Waals surface area contributed by atoms with Crippen LogP contribution in [0.25, 0.3) is 0 Å². The highest BCUT2D eigenvalue weighted by molar-refractivity contribution is 7.91. The van der Waals surface area contributed by atoms with Crippen LogP contribution in [0, 0.1) is 23.2 Å². The van der Waals surface area contributed by atoms with Crippen LogP contribution in [0.5, 0.6) is 0 Å². The molecule has 2 aliphatic carbocycles. The molecule has 0 bridgehead atoms. The molecule has 30 heavy (non-hydrogen) atoms. The minimum Gasteiger partial charge on any atom is -0.392 e. The lowest BCUT2D eigenvalue weighted by molar-refractivity contribution is 0.0798. The van der Waals surface area contributed by atoms with E-state index in [2.05, 4.69) is 26.8 Å². The fourth-order valence-electron chi connectivity index (χ4n) is 4.94. The second kappa shape index (κ2) is 9.37. The Kier molecular flexibility index (Phi) is 7.26. The SMILES string of the molecule is CCCCC(C)(C)[C@@H](O)/C=C/[C@H]1[C@H]2CC(CS(=O)(=O)c3ccccc3)=C[C@H]2C[C@H]1O. The molecule has 0 spiro atoms. The predicted octanol–water partition coefficient (Wildman–Crippen LogP) is 4.54. The van der Waals surface area contributed by atoms with Gasteiger partial charge in [0.05, 0.1) is 22.9 Å². The van der Waals surface area contributed by atoms with Gasteiger partial charge in [0.25, 0.3) is 0 Å². The van der Waals surface area contributed by atoms with Gasteiger partial charge in [0.15, 0.2) is 9.84 Å². The number of aliphatic hydroxyl groups is 2. The van der Waals surface area contributed by atoms with Gasteiger partial charge in [-0.15, -0.1) is 0 Å². The smallest absolute Gasteiger partial charge is 0.182 e. The number of unbranched alkanes of at least 4 members (excludes halogenated alkanes) is 1. The maximum absolute atomic E-state index is 12.7. The summed E-state index contributed by atoms with van der Waals surface area (Å²) in [4.78, 5) is 0.358. The first-order valence-corrected chi connectivity index (χ1v) is 12.8. The maximum Gasteiger partial charge on any atom is 0.182 e. The second-order valence-electron chi connectivity index (χ2n) is 9.73. The zero-order valence-corrected chi connectivity index (χ0v) is 19.2. The molecule has 0 amide bonds. The third-order valence-corrected chi connectivity index (χ3v) is 8.66. The van der Waals surface area contributed by atoms with E-state index in [0.717, 1.165) is 24.8 Å².